The number of fused-ring (bicyclic) bond motifs is 5. The molecule has 30 heavy (non-hydrogen) atoms. The molecule has 5 rings (SSSR count). The molecular weight excluding hydrogens is 396 g/mol. The van der Waals surface area contributed by atoms with E-state index < -0.39 is 5.60 Å². The van der Waals surface area contributed by atoms with Crippen LogP contribution in [0.25, 0.3) is 0 Å². The predicted molar refractivity (Wildman–Crippen MR) is 116 cm³/mol. The Hall–Kier alpha value is -1.38. The third-order valence-electron chi connectivity index (χ3n) is 9.52. The van der Waals surface area contributed by atoms with Gasteiger partial charge in [-0.3, -0.25) is 0 Å². The maximum atomic E-state index is 10.8. The average Bonchev–Trinajstić information content (AvgIpc) is 3.34. The fourth-order valence-corrected chi connectivity index (χ4v) is 8.48. The van der Waals surface area contributed by atoms with Crippen molar-refractivity contribution >= 4 is 11.6 Å². The van der Waals surface area contributed by atoms with Gasteiger partial charge in [-0.1, -0.05) is 25.0 Å². The molecule has 4 aliphatic carbocycles. The minimum absolute atomic E-state index is 0.352. The first-order valence-electron chi connectivity index (χ1n) is 11.7. The van der Waals surface area contributed by atoms with Crippen LogP contribution < -0.4 is 0 Å². The highest BCUT2D eigenvalue weighted by atomic mass is 35.5. The summed E-state index contributed by atoms with van der Waals surface area (Å²) in [5, 5.41) is 25.3. The molecule has 0 spiro atoms. The van der Waals surface area contributed by atoms with Crippen molar-refractivity contribution in [2.45, 2.75) is 76.9 Å². The molecule has 8 atom stereocenters. The highest BCUT2D eigenvalue weighted by molar-refractivity contribution is 6.30. The zero-order valence-corrected chi connectivity index (χ0v) is 18.7. The fraction of sp³-hybridized carbons (Fsp3) is 0.792. The topological polar surface area (TPSA) is 63.8 Å². The van der Waals surface area contributed by atoms with E-state index in [2.05, 4.69) is 40.2 Å². The fourth-order valence-electron chi connectivity index (χ4n) is 8.30. The van der Waals surface area contributed by atoms with Gasteiger partial charge in [-0.25, -0.2) is 0 Å². The van der Waals surface area contributed by atoms with Gasteiger partial charge in [0, 0.05) is 5.38 Å². The van der Waals surface area contributed by atoms with Gasteiger partial charge in [-0.05, 0) is 116 Å². The molecule has 0 bridgehead atoms. The van der Waals surface area contributed by atoms with E-state index in [1.54, 1.807) is 4.80 Å². The lowest BCUT2D eigenvalue weighted by molar-refractivity contribution is -0.0874. The summed E-state index contributed by atoms with van der Waals surface area (Å²) in [6, 6.07) is 0. The van der Waals surface area contributed by atoms with Crippen molar-refractivity contribution < 1.29 is 5.11 Å². The summed E-state index contributed by atoms with van der Waals surface area (Å²) in [4.78, 5) is 1.67. The Labute approximate surface area is 184 Å². The molecule has 1 aromatic heterocycles. The molecule has 0 saturated heterocycles. The summed E-state index contributed by atoms with van der Waals surface area (Å²) in [5.41, 5.74) is 0.767. The van der Waals surface area contributed by atoms with E-state index in [0.717, 1.165) is 42.9 Å². The van der Waals surface area contributed by atoms with Crippen LogP contribution in [-0.2, 0) is 6.54 Å². The molecule has 4 aliphatic rings. The van der Waals surface area contributed by atoms with Crippen molar-refractivity contribution in [3.8, 4) is 11.3 Å². The molecule has 1 heterocycles. The van der Waals surface area contributed by atoms with Gasteiger partial charge >= 0.3 is 0 Å². The number of aliphatic hydroxyl groups is 1. The minimum atomic E-state index is -0.857. The highest BCUT2D eigenvalue weighted by Crippen LogP contribution is 2.65. The van der Waals surface area contributed by atoms with Crippen molar-refractivity contribution in [1.29, 1.82) is 0 Å². The number of rotatable bonds is 3. The van der Waals surface area contributed by atoms with Crippen LogP contribution in [0.2, 0.25) is 0 Å². The molecule has 162 valence electrons. The second-order valence-electron chi connectivity index (χ2n) is 10.7. The summed E-state index contributed by atoms with van der Waals surface area (Å²) in [6.45, 7) is 7.69. The van der Waals surface area contributed by atoms with E-state index in [1.807, 2.05) is 0 Å². The van der Waals surface area contributed by atoms with Crippen LogP contribution in [0, 0.1) is 52.2 Å². The minimum Gasteiger partial charge on any atom is -0.378 e. The van der Waals surface area contributed by atoms with Crippen molar-refractivity contribution in [3.05, 3.63) is 18.5 Å². The normalized spacial score (nSPS) is 44.9. The molecule has 0 unspecified atom stereocenters. The summed E-state index contributed by atoms with van der Waals surface area (Å²) >= 11 is 5.63. The van der Waals surface area contributed by atoms with Crippen LogP contribution >= 0.6 is 11.6 Å². The maximum Gasteiger partial charge on any atom is 0.162 e. The van der Waals surface area contributed by atoms with Gasteiger partial charge in [-0.2, -0.15) is 4.80 Å². The monoisotopic (exact) mass is 428 g/mol. The van der Waals surface area contributed by atoms with E-state index in [4.69, 9.17) is 11.6 Å². The van der Waals surface area contributed by atoms with Gasteiger partial charge in [0.1, 0.15) is 5.60 Å². The van der Waals surface area contributed by atoms with E-state index in [0.29, 0.717) is 23.8 Å². The van der Waals surface area contributed by atoms with Crippen molar-refractivity contribution in [2.75, 3.05) is 0 Å². The highest BCUT2D eigenvalue weighted by Gasteiger charge is 2.58. The second kappa shape index (κ2) is 7.64. The SMILES string of the molecule is C=C(Cn1ncnn1)[C@H]1CC[C@H]2[C@@H]3CC[C@H]4C[C@@](O)(C#CCl)CC[C@@H]4[C@H]3CC[C@]12C. The summed E-state index contributed by atoms with van der Waals surface area (Å²) < 4.78 is 0. The first-order chi connectivity index (χ1) is 14.4. The lowest BCUT2D eigenvalue weighted by atomic mass is 9.48. The summed E-state index contributed by atoms with van der Waals surface area (Å²) in [7, 11) is 0. The van der Waals surface area contributed by atoms with E-state index in [9.17, 15) is 5.11 Å². The van der Waals surface area contributed by atoms with Crippen LogP contribution in [0.5, 0.6) is 0 Å². The third kappa shape index (κ3) is 3.31. The number of halogens is 1. The second-order valence-corrected chi connectivity index (χ2v) is 10.9. The van der Waals surface area contributed by atoms with Gasteiger partial charge in [0.2, 0.25) is 0 Å². The first kappa shape index (κ1) is 20.5. The number of hydrogen-bond acceptors (Lipinski definition) is 4. The van der Waals surface area contributed by atoms with Crippen LogP contribution in [0.4, 0.5) is 0 Å². The molecule has 5 nitrogen and oxygen atoms in total. The largest absolute Gasteiger partial charge is 0.378 e. The van der Waals surface area contributed by atoms with Gasteiger partial charge in [-0.15, -0.1) is 10.2 Å². The standard InChI is InChI=1S/C24H33ClN4O/c1-16(14-29-27-15-26-28-29)21-5-6-22-20-4-3-17-13-24(30,11-12-25)10-8-18(17)19(20)7-9-23(21,22)2/h15,17-22,30H,1,3-10,13-14H2,2H3/t17-,18-,19+,20+,21+,22-,23+,24-/m0/s1. The van der Waals surface area contributed by atoms with E-state index >= 15 is 0 Å². The number of tetrazole rings is 1. The molecule has 0 radical (unpaired) electrons. The Bertz CT molecular complexity index is 860. The van der Waals surface area contributed by atoms with Gasteiger partial charge < -0.3 is 5.11 Å². The Balaban J connectivity index is 1.31. The van der Waals surface area contributed by atoms with Crippen LogP contribution in [-0.4, -0.2) is 30.9 Å². The molecule has 6 heteroatoms. The average molecular weight is 429 g/mol. The number of nitrogens with zero attached hydrogens (tertiary/aromatic N) is 4. The van der Waals surface area contributed by atoms with Gasteiger partial charge in [0.05, 0.1) is 6.54 Å². The molecule has 1 N–H and O–H groups in total. The quantitative estimate of drug-likeness (QED) is 0.571. The van der Waals surface area contributed by atoms with Crippen LogP contribution in [0.1, 0.15) is 64.7 Å². The summed E-state index contributed by atoms with van der Waals surface area (Å²) in [6.07, 6.45) is 11.9. The molecule has 4 fully saturated rings. The Morgan fingerprint density at radius 3 is 2.77 bits per heavy atom. The van der Waals surface area contributed by atoms with Crippen molar-refractivity contribution in [3.63, 3.8) is 0 Å². The smallest absolute Gasteiger partial charge is 0.162 e. The van der Waals surface area contributed by atoms with Crippen molar-refractivity contribution in [2.24, 2.45) is 40.9 Å². The van der Waals surface area contributed by atoms with Gasteiger partial charge in [0.25, 0.3) is 0 Å². The Kier molecular flexibility index (Phi) is 5.22. The molecular formula is C24H33ClN4O. The lowest BCUT2D eigenvalue weighted by Crippen LogP contribution is -2.50. The number of hydrogen-bond donors (Lipinski definition) is 1. The maximum absolute atomic E-state index is 10.8. The van der Waals surface area contributed by atoms with E-state index in [1.165, 1.54) is 50.4 Å². The predicted octanol–water partition coefficient (Wildman–Crippen LogP) is 4.43. The molecule has 0 aliphatic heterocycles. The van der Waals surface area contributed by atoms with E-state index in [-0.39, 0.29) is 0 Å². The molecule has 0 amide bonds. The summed E-state index contributed by atoms with van der Waals surface area (Å²) in [5.74, 6) is 7.26. The molecule has 0 aromatic carbocycles. The Morgan fingerprint density at radius 1 is 1.17 bits per heavy atom. The molecule has 4 saturated carbocycles. The lowest BCUT2D eigenvalue weighted by Gasteiger charge is -2.57. The zero-order chi connectivity index (χ0) is 20.9. The number of allylic oxidation sites excluding steroid dienone is 1. The van der Waals surface area contributed by atoms with Crippen LogP contribution in [0.3, 0.4) is 0 Å². The van der Waals surface area contributed by atoms with Crippen LogP contribution in [0.15, 0.2) is 18.5 Å². The first-order valence-corrected chi connectivity index (χ1v) is 12.0. The number of aromatic nitrogens is 4. The van der Waals surface area contributed by atoms with Crippen molar-refractivity contribution in [1.82, 2.24) is 20.2 Å². The third-order valence-corrected chi connectivity index (χ3v) is 9.61. The van der Waals surface area contributed by atoms with Gasteiger partial charge in [0.15, 0.2) is 6.33 Å². The Morgan fingerprint density at radius 2 is 2.00 bits per heavy atom. The zero-order valence-electron chi connectivity index (χ0n) is 17.9. The molecule has 1 aromatic rings.